The Kier molecular flexibility index (Phi) is 4.80. The number of fused-ring (bicyclic) bond motifs is 2. The largest absolute Gasteiger partial charge is 0.417 e. The molecule has 0 atom stereocenters. The molecule has 4 aromatic rings. The van der Waals surface area contributed by atoms with E-state index in [0.717, 1.165) is 73.6 Å². The molecule has 2 aromatic carbocycles. The van der Waals surface area contributed by atoms with Crippen molar-refractivity contribution in [1.82, 2.24) is 19.9 Å². The third kappa shape index (κ3) is 3.71. The van der Waals surface area contributed by atoms with Gasteiger partial charge in [-0.2, -0.15) is 0 Å². The van der Waals surface area contributed by atoms with Crippen LogP contribution in [0.15, 0.2) is 50.4 Å². The number of hydrogen-bond acceptors (Lipinski definition) is 6. The molecule has 0 spiro atoms. The van der Waals surface area contributed by atoms with Gasteiger partial charge in [-0.25, -0.2) is 9.59 Å². The fourth-order valence-electron chi connectivity index (χ4n) is 4.10. The van der Waals surface area contributed by atoms with Gasteiger partial charge in [-0.05, 0) is 43.3 Å². The van der Waals surface area contributed by atoms with Crippen LogP contribution in [-0.4, -0.2) is 59.1 Å². The Labute approximate surface area is 171 Å². The molecular weight excluding hydrogens is 384 g/mol. The normalized spacial score (nSPS) is 15.3. The molecule has 0 radical (unpaired) electrons. The van der Waals surface area contributed by atoms with Gasteiger partial charge in [0.1, 0.15) is 0 Å². The Balaban J connectivity index is 1.11. The summed E-state index contributed by atoms with van der Waals surface area (Å²) >= 11 is 0. The molecule has 3 heterocycles. The van der Waals surface area contributed by atoms with Crippen LogP contribution in [0.4, 0.5) is 11.4 Å². The monoisotopic (exact) mass is 408 g/mol. The molecule has 9 heteroatoms. The van der Waals surface area contributed by atoms with E-state index in [1.807, 2.05) is 36.4 Å². The highest BCUT2D eigenvalue weighted by Crippen LogP contribution is 2.25. The number of hydrogen-bond donors (Lipinski definition) is 4. The molecule has 9 nitrogen and oxygen atoms in total. The maximum atomic E-state index is 11.5. The fraction of sp³-hybridized carbons (Fsp3) is 0.333. The predicted octanol–water partition coefficient (Wildman–Crippen LogP) is 1.91. The topological polar surface area (TPSA) is 113 Å². The van der Waals surface area contributed by atoms with Gasteiger partial charge in [0.25, 0.3) is 0 Å². The maximum Gasteiger partial charge on any atom is 0.417 e. The lowest BCUT2D eigenvalue weighted by molar-refractivity contribution is 0.257. The van der Waals surface area contributed by atoms with Gasteiger partial charge in [0.05, 0.1) is 22.2 Å². The molecule has 1 aliphatic heterocycles. The summed E-state index contributed by atoms with van der Waals surface area (Å²) in [4.78, 5) is 35.9. The number of nitrogens with zero attached hydrogens (tertiary/aromatic N) is 2. The number of rotatable bonds is 6. The Morgan fingerprint density at radius 1 is 0.933 bits per heavy atom. The average molecular weight is 408 g/mol. The van der Waals surface area contributed by atoms with Gasteiger partial charge in [0, 0.05) is 38.4 Å². The van der Waals surface area contributed by atoms with Crippen molar-refractivity contribution in [2.24, 2.45) is 0 Å². The van der Waals surface area contributed by atoms with E-state index < -0.39 is 5.76 Å². The van der Waals surface area contributed by atoms with E-state index in [-0.39, 0.29) is 5.69 Å². The standard InChI is InChI=1S/C21H24N6O3/c28-20-23-15-6-5-14(13-17(15)24-20)22-7-2-8-26-9-11-27(12-10-26)18-4-1-3-16-19(18)30-21(29)25-16/h1,3-6,13,22H,2,7-12H2,(H,25,29)(H2,23,24,28). The molecule has 1 aliphatic rings. The molecule has 0 unspecified atom stereocenters. The van der Waals surface area contributed by atoms with E-state index in [9.17, 15) is 9.59 Å². The average Bonchev–Trinajstić information content (AvgIpc) is 3.31. The van der Waals surface area contributed by atoms with Crippen molar-refractivity contribution in [3.05, 3.63) is 57.4 Å². The van der Waals surface area contributed by atoms with Crippen LogP contribution >= 0.6 is 0 Å². The van der Waals surface area contributed by atoms with Crippen LogP contribution in [0.1, 0.15) is 6.42 Å². The summed E-state index contributed by atoms with van der Waals surface area (Å²) in [5.74, 6) is -0.411. The summed E-state index contributed by atoms with van der Waals surface area (Å²) in [5.41, 5.74) is 4.81. The summed E-state index contributed by atoms with van der Waals surface area (Å²) in [5, 5.41) is 3.42. The van der Waals surface area contributed by atoms with E-state index >= 15 is 0 Å². The quantitative estimate of drug-likeness (QED) is 0.363. The molecule has 0 bridgehead atoms. The van der Waals surface area contributed by atoms with Gasteiger partial charge >= 0.3 is 11.4 Å². The highest BCUT2D eigenvalue weighted by atomic mass is 16.4. The molecule has 0 amide bonds. The smallest absolute Gasteiger partial charge is 0.406 e. The molecule has 1 fully saturated rings. The van der Waals surface area contributed by atoms with Crippen molar-refractivity contribution < 1.29 is 4.42 Å². The van der Waals surface area contributed by atoms with Crippen LogP contribution in [0.25, 0.3) is 22.1 Å². The minimum absolute atomic E-state index is 0.184. The second-order valence-electron chi connectivity index (χ2n) is 7.62. The Morgan fingerprint density at radius 2 is 1.77 bits per heavy atom. The number of para-hydroxylation sites is 1. The number of anilines is 2. The summed E-state index contributed by atoms with van der Waals surface area (Å²) in [6, 6.07) is 11.6. The lowest BCUT2D eigenvalue weighted by atomic mass is 10.2. The van der Waals surface area contributed by atoms with Gasteiger partial charge in [0.2, 0.25) is 0 Å². The molecule has 30 heavy (non-hydrogen) atoms. The zero-order valence-electron chi connectivity index (χ0n) is 16.5. The highest BCUT2D eigenvalue weighted by Gasteiger charge is 2.20. The van der Waals surface area contributed by atoms with Crippen molar-refractivity contribution in [2.75, 3.05) is 49.5 Å². The van der Waals surface area contributed by atoms with E-state index in [2.05, 4.69) is 30.1 Å². The van der Waals surface area contributed by atoms with Gasteiger partial charge in [-0.1, -0.05) is 6.07 Å². The van der Waals surface area contributed by atoms with Gasteiger partial charge < -0.3 is 24.6 Å². The number of benzene rings is 2. The Bertz CT molecular complexity index is 1280. The number of nitrogens with one attached hydrogen (secondary N) is 4. The summed E-state index contributed by atoms with van der Waals surface area (Å²) in [6.45, 7) is 5.64. The fourth-order valence-corrected chi connectivity index (χ4v) is 4.10. The second kappa shape index (κ2) is 7.75. The third-order valence-corrected chi connectivity index (χ3v) is 5.63. The summed E-state index contributed by atoms with van der Waals surface area (Å²) in [7, 11) is 0. The van der Waals surface area contributed by atoms with Crippen LogP contribution < -0.4 is 21.7 Å². The van der Waals surface area contributed by atoms with Crippen molar-refractivity contribution in [3.63, 3.8) is 0 Å². The lowest BCUT2D eigenvalue weighted by Gasteiger charge is -2.36. The zero-order valence-corrected chi connectivity index (χ0v) is 16.5. The predicted molar refractivity (Wildman–Crippen MR) is 118 cm³/mol. The number of H-pyrrole nitrogens is 3. The number of imidazole rings is 1. The van der Waals surface area contributed by atoms with Crippen LogP contribution in [0, 0.1) is 0 Å². The molecule has 5 rings (SSSR count). The first-order valence-electron chi connectivity index (χ1n) is 10.2. The minimum atomic E-state index is -0.411. The number of piperazine rings is 1. The minimum Gasteiger partial charge on any atom is -0.406 e. The molecule has 0 saturated carbocycles. The maximum absolute atomic E-state index is 11.5. The Morgan fingerprint density at radius 3 is 2.63 bits per heavy atom. The first kappa shape index (κ1) is 18.6. The van der Waals surface area contributed by atoms with Crippen molar-refractivity contribution >= 4 is 33.5 Å². The summed E-state index contributed by atoms with van der Waals surface area (Å²) < 4.78 is 5.33. The van der Waals surface area contributed by atoms with Crippen molar-refractivity contribution in [1.29, 1.82) is 0 Å². The highest BCUT2D eigenvalue weighted by molar-refractivity contribution is 5.86. The first-order chi connectivity index (χ1) is 14.7. The van der Waals surface area contributed by atoms with E-state index in [1.54, 1.807) is 0 Å². The van der Waals surface area contributed by atoms with Gasteiger partial charge in [0.15, 0.2) is 5.58 Å². The molecule has 4 N–H and O–H groups in total. The van der Waals surface area contributed by atoms with Crippen LogP contribution in [0.3, 0.4) is 0 Å². The second-order valence-corrected chi connectivity index (χ2v) is 7.62. The van der Waals surface area contributed by atoms with Crippen LogP contribution in [0.5, 0.6) is 0 Å². The van der Waals surface area contributed by atoms with Gasteiger partial charge in [-0.15, -0.1) is 0 Å². The molecule has 2 aromatic heterocycles. The Hall–Kier alpha value is -3.46. The zero-order chi connectivity index (χ0) is 20.5. The molecule has 156 valence electrons. The van der Waals surface area contributed by atoms with Crippen molar-refractivity contribution in [2.45, 2.75) is 6.42 Å². The van der Waals surface area contributed by atoms with E-state index in [1.165, 1.54) is 0 Å². The van der Waals surface area contributed by atoms with E-state index in [4.69, 9.17) is 4.42 Å². The molecule has 1 saturated heterocycles. The number of aromatic nitrogens is 3. The van der Waals surface area contributed by atoms with Crippen molar-refractivity contribution in [3.8, 4) is 0 Å². The van der Waals surface area contributed by atoms with Crippen LogP contribution in [0.2, 0.25) is 0 Å². The lowest BCUT2D eigenvalue weighted by Crippen LogP contribution is -2.46. The van der Waals surface area contributed by atoms with Gasteiger partial charge in [-0.3, -0.25) is 9.88 Å². The molecular formula is C21H24N6O3. The third-order valence-electron chi connectivity index (χ3n) is 5.63. The first-order valence-corrected chi connectivity index (χ1v) is 10.2. The number of aromatic amines is 3. The number of oxazole rings is 1. The van der Waals surface area contributed by atoms with E-state index in [0.29, 0.717) is 5.58 Å². The SMILES string of the molecule is O=c1[nH]c2ccc(NCCCN3CCN(c4cccc5[nH]c(=O)oc45)CC3)cc2[nH]1. The van der Waals surface area contributed by atoms with Crippen LogP contribution in [-0.2, 0) is 0 Å². The molecule has 0 aliphatic carbocycles. The summed E-state index contributed by atoms with van der Waals surface area (Å²) in [6.07, 6.45) is 1.03.